The molecule has 1 aromatic carbocycles. The molecule has 1 saturated carbocycles. The molecule has 0 atom stereocenters. The van der Waals surface area contributed by atoms with Gasteiger partial charge >= 0.3 is 0 Å². The van der Waals surface area contributed by atoms with E-state index in [0.717, 1.165) is 25.6 Å². The third-order valence-electron chi connectivity index (χ3n) is 4.57. The van der Waals surface area contributed by atoms with E-state index in [1.165, 1.54) is 49.0 Å². The summed E-state index contributed by atoms with van der Waals surface area (Å²) < 4.78 is 5.05. The van der Waals surface area contributed by atoms with E-state index in [1.807, 2.05) is 0 Å². The monoisotopic (exact) mass is 290 g/mol. The topological polar surface area (TPSA) is 24.5 Å². The van der Waals surface area contributed by atoms with Crippen LogP contribution in [0.5, 0.6) is 0 Å². The number of ether oxygens (including phenoxy) is 1. The minimum absolute atomic E-state index is 0.765. The molecule has 1 fully saturated rings. The van der Waals surface area contributed by atoms with Gasteiger partial charge < -0.3 is 15.0 Å². The molecule has 3 nitrogen and oxygen atoms in total. The highest BCUT2D eigenvalue weighted by Crippen LogP contribution is 2.27. The minimum Gasteiger partial charge on any atom is -0.383 e. The average Bonchev–Trinajstić information content (AvgIpc) is 2.97. The first-order valence-electron chi connectivity index (χ1n) is 8.21. The second kappa shape index (κ2) is 8.40. The van der Waals surface area contributed by atoms with Gasteiger partial charge in [0.2, 0.25) is 0 Å². The summed E-state index contributed by atoms with van der Waals surface area (Å²) in [5, 5.41) is 3.41. The van der Waals surface area contributed by atoms with E-state index in [0.29, 0.717) is 0 Å². The summed E-state index contributed by atoms with van der Waals surface area (Å²) >= 11 is 0. The van der Waals surface area contributed by atoms with E-state index in [2.05, 4.69) is 42.4 Å². The average molecular weight is 290 g/mol. The molecule has 0 unspecified atom stereocenters. The normalized spacial score (nSPS) is 15.6. The Kier molecular flexibility index (Phi) is 6.52. The van der Waals surface area contributed by atoms with E-state index in [4.69, 9.17) is 4.74 Å². The van der Waals surface area contributed by atoms with E-state index in [1.54, 1.807) is 7.11 Å². The number of anilines is 1. The summed E-state index contributed by atoms with van der Waals surface area (Å²) in [5.74, 6) is 0.894. The number of hydrogen-bond donors (Lipinski definition) is 1. The van der Waals surface area contributed by atoms with Crippen LogP contribution in [-0.2, 0) is 11.3 Å². The smallest absolute Gasteiger partial charge is 0.0587 e. The van der Waals surface area contributed by atoms with Crippen LogP contribution in [0.15, 0.2) is 18.2 Å². The van der Waals surface area contributed by atoms with Crippen LogP contribution in [0, 0.1) is 12.8 Å². The van der Waals surface area contributed by atoms with Crippen LogP contribution in [0.1, 0.15) is 36.8 Å². The molecule has 118 valence electrons. The zero-order valence-corrected chi connectivity index (χ0v) is 13.8. The van der Waals surface area contributed by atoms with Gasteiger partial charge in [-0.3, -0.25) is 0 Å². The molecule has 3 heteroatoms. The van der Waals surface area contributed by atoms with Gasteiger partial charge in [0.1, 0.15) is 0 Å². The quantitative estimate of drug-likeness (QED) is 0.743. The minimum atomic E-state index is 0.765. The van der Waals surface area contributed by atoms with E-state index in [9.17, 15) is 0 Å². The molecule has 0 spiro atoms. The van der Waals surface area contributed by atoms with Crippen molar-refractivity contribution in [2.45, 2.75) is 39.2 Å². The van der Waals surface area contributed by atoms with Gasteiger partial charge in [0.15, 0.2) is 0 Å². The Balaban J connectivity index is 1.87. The van der Waals surface area contributed by atoms with Crippen LogP contribution in [0.4, 0.5) is 5.69 Å². The number of methoxy groups -OCH3 is 1. The third kappa shape index (κ3) is 5.01. The Morgan fingerprint density at radius 1 is 1.29 bits per heavy atom. The van der Waals surface area contributed by atoms with Gasteiger partial charge in [0.25, 0.3) is 0 Å². The lowest BCUT2D eigenvalue weighted by Gasteiger charge is -2.24. The van der Waals surface area contributed by atoms with Gasteiger partial charge in [0.05, 0.1) is 6.61 Å². The van der Waals surface area contributed by atoms with Gasteiger partial charge in [-0.1, -0.05) is 18.9 Å². The molecule has 0 radical (unpaired) electrons. The molecule has 2 rings (SSSR count). The van der Waals surface area contributed by atoms with Crippen molar-refractivity contribution in [2.75, 3.05) is 38.8 Å². The molecule has 1 aliphatic rings. The summed E-state index contributed by atoms with van der Waals surface area (Å²) in [4.78, 5) is 2.42. The van der Waals surface area contributed by atoms with Crippen LogP contribution >= 0.6 is 0 Å². The van der Waals surface area contributed by atoms with Crippen LogP contribution in [0.25, 0.3) is 0 Å². The summed E-state index contributed by atoms with van der Waals surface area (Å²) in [6.45, 7) is 5.99. The zero-order valence-electron chi connectivity index (χ0n) is 13.8. The van der Waals surface area contributed by atoms with E-state index in [-0.39, 0.29) is 0 Å². The molecule has 0 saturated heterocycles. The van der Waals surface area contributed by atoms with Crippen LogP contribution in [0.2, 0.25) is 0 Å². The number of benzene rings is 1. The second-order valence-electron chi connectivity index (χ2n) is 6.31. The lowest BCUT2D eigenvalue weighted by molar-refractivity contribution is 0.199. The molecule has 0 heterocycles. The summed E-state index contributed by atoms with van der Waals surface area (Å²) in [5.41, 5.74) is 4.10. The number of aryl methyl sites for hydroxylation is 1. The summed E-state index contributed by atoms with van der Waals surface area (Å²) in [7, 11) is 3.96. The SMILES string of the molecule is COCCNCc1ccc(N(C)CC2CCCC2)cc1C. The number of nitrogens with one attached hydrogen (secondary N) is 1. The van der Waals surface area contributed by atoms with Crippen molar-refractivity contribution >= 4 is 5.69 Å². The summed E-state index contributed by atoms with van der Waals surface area (Å²) in [6.07, 6.45) is 5.66. The third-order valence-corrected chi connectivity index (χ3v) is 4.57. The van der Waals surface area contributed by atoms with Crippen LogP contribution in [-0.4, -0.2) is 33.9 Å². The molecule has 0 amide bonds. The Bertz CT molecular complexity index is 427. The first kappa shape index (κ1) is 16.3. The largest absolute Gasteiger partial charge is 0.383 e. The lowest BCUT2D eigenvalue weighted by atomic mass is 10.1. The molecule has 1 aliphatic carbocycles. The molecule has 0 aliphatic heterocycles. The Hall–Kier alpha value is -1.06. The van der Waals surface area contributed by atoms with E-state index < -0.39 is 0 Å². The zero-order chi connectivity index (χ0) is 15.1. The lowest BCUT2D eigenvalue weighted by Crippen LogP contribution is -2.24. The Morgan fingerprint density at radius 2 is 2.05 bits per heavy atom. The standard InChI is InChI=1S/C18H30N2O/c1-15-12-18(20(2)14-16-6-4-5-7-16)9-8-17(15)13-19-10-11-21-3/h8-9,12,16,19H,4-7,10-11,13-14H2,1-3H3. The number of hydrogen-bond acceptors (Lipinski definition) is 3. The van der Waals surface area contributed by atoms with Crippen molar-refractivity contribution in [1.29, 1.82) is 0 Å². The van der Waals surface area contributed by atoms with Gasteiger partial charge in [-0.2, -0.15) is 0 Å². The van der Waals surface area contributed by atoms with Crippen LogP contribution in [0.3, 0.4) is 0 Å². The fraction of sp³-hybridized carbons (Fsp3) is 0.667. The fourth-order valence-electron chi connectivity index (χ4n) is 3.20. The maximum absolute atomic E-state index is 5.05. The molecular weight excluding hydrogens is 260 g/mol. The first-order valence-corrected chi connectivity index (χ1v) is 8.21. The fourth-order valence-corrected chi connectivity index (χ4v) is 3.20. The molecule has 1 N–H and O–H groups in total. The molecule has 0 aromatic heterocycles. The van der Waals surface area contributed by atoms with Gasteiger partial charge in [-0.15, -0.1) is 0 Å². The van der Waals surface area contributed by atoms with Crippen molar-refractivity contribution in [2.24, 2.45) is 5.92 Å². The number of nitrogens with zero attached hydrogens (tertiary/aromatic N) is 1. The predicted octanol–water partition coefficient (Wildman–Crippen LogP) is 3.36. The van der Waals surface area contributed by atoms with Crippen molar-refractivity contribution in [3.63, 3.8) is 0 Å². The Labute approximate surface area is 129 Å². The van der Waals surface area contributed by atoms with Crippen molar-refractivity contribution < 1.29 is 4.74 Å². The molecule has 1 aromatic rings. The predicted molar refractivity (Wildman–Crippen MR) is 90.0 cm³/mol. The Morgan fingerprint density at radius 3 is 2.71 bits per heavy atom. The van der Waals surface area contributed by atoms with E-state index >= 15 is 0 Å². The highest BCUT2D eigenvalue weighted by atomic mass is 16.5. The number of rotatable bonds is 8. The molecule has 21 heavy (non-hydrogen) atoms. The van der Waals surface area contributed by atoms with Gasteiger partial charge in [0, 0.05) is 39.5 Å². The van der Waals surface area contributed by atoms with Crippen molar-refractivity contribution in [1.82, 2.24) is 5.32 Å². The van der Waals surface area contributed by atoms with Gasteiger partial charge in [-0.05, 0) is 48.9 Å². The summed E-state index contributed by atoms with van der Waals surface area (Å²) in [6, 6.07) is 6.84. The van der Waals surface area contributed by atoms with Crippen molar-refractivity contribution in [3.8, 4) is 0 Å². The van der Waals surface area contributed by atoms with Crippen molar-refractivity contribution in [3.05, 3.63) is 29.3 Å². The maximum atomic E-state index is 5.05. The second-order valence-corrected chi connectivity index (χ2v) is 6.31. The maximum Gasteiger partial charge on any atom is 0.0587 e. The highest BCUT2D eigenvalue weighted by Gasteiger charge is 2.17. The van der Waals surface area contributed by atoms with Gasteiger partial charge in [-0.25, -0.2) is 0 Å². The molecule has 0 bridgehead atoms. The first-order chi connectivity index (χ1) is 10.2. The molecular formula is C18H30N2O. The van der Waals surface area contributed by atoms with Crippen LogP contribution < -0.4 is 10.2 Å². The highest BCUT2D eigenvalue weighted by molar-refractivity contribution is 5.50.